The SMILES string of the molecule is O=C1CSC(c2cccc(Oc3ccccc3)c2)N1c1cccc(C(F)(F)F)c1. The van der Waals surface area contributed by atoms with Crippen LogP contribution >= 0.6 is 11.8 Å². The van der Waals surface area contributed by atoms with Crippen LogP contribution in [0.3, 0.4) is 0 Å². The van der Waals surface area contributed by atoms with E-state index in [0.29, 0.717) is 11.5 Å². The van der Waals surface area contributed by atoms with Gasteiger partial charge in [-0.1, -0.05) is 36.4 Å². The zero-order chi connectivity index (χ0) is 20.4. The lowest BCUT2D eigenvalue weighted by molar-refractivity contribution is -0.137. The third-order valence-electron chi connectivity index (χ3n) is 4.44. The van der Waals surface area contributed by atoms with E-state index in [-0.39, 0.29) is 17.3 Å². The van der Waals surface area contributed by atoms with Crippen LogP contribution in [0.2, 0.25) is 0 Å². The van der Waals surface area contributed by atoms with E-state index >= 15 is 0 Å². The predicted molar refractivity (Wildman–Crippen MR) is 107 cm³/mol. The minimum Gasteiger partial charge on any atom is -0.457 e. The molecule has 1 atom stereocenters. The zero-order valence-corrected chi connectivity index (χ0v) is 15.9. The van der Waals surface area contributed by atoms with Crippen molar-refractivity contribution in [2.45, 2.75) is 11.6 Å². The molecule has 3 aromatic carbocycles. The standard InChI is InChI=1S/C22H16F3NO2S/c23-22(24,25)16-7-5-8-17(13-16)26-20(27)14-29-21(26)15-6-4-11-19(12-15)28-18-9-2-1-3-10-18/h1-13,21H,14H2. The topological polar surface area (TPSA) is 29.5 Å². The number of halogens is 3. The molecule has 1 aliphatic heterocycles. The molecule has 1 amide bonds. The molecule has 1 unspecified atom stereocenters. The molecule has 0 radical (unpaired) electrons. The van der Waals surface area contributed by atoms with Crippen molar-refractivity contribution in [3.8, 4) is 11.5 Å². The number of para-hydroxylation sites is 1. The summed E-state index contributed by atoms with van der Waals surface area (Å²) in [5.41, 5.74) is 0.237. The molecule has 3 nitrogen and oxygen atoms in total. The molecule has 1 heterocycles. The Labute approximate surface area is 170 Å². The highest BCUT2D eigenvalue weighted by Crippen LogP contribution is 2.43. The number of carbonyl (C=O) groups is 1. The van der Waals surface area contributed by atoms with E-state index in [1.807, 2.05) is 42.5 Å². The molecule has 0 bridgehead atoms. The number of benzene rings is 3. The first kappa shape index (κ1) is 19.4. The highest BCUT2D eigenvalue weighted by atomic mass is 32.2. The Hall–Kier alpha value is -2.93. The minimum atomic E-state index is -4.47. The number of rotatable bonds is 4. The summed E-state index contributed by atoms with van der Waals surface area (Å²) in [5, 5.41) is -0.426. The Balaban J connectivity index is 1.64. The molecule has 3 aromatic rings. The Morgan fingerprint density at radius 2 is 1.62 bits per heavy atom. The summed E-state index contributed by atoms with van der Waals surface area (Å²) in [6.45, 7) is 0. The Bertz CT molecular complexity index is 1020. The molecular weight excluding hydrogens is 399 g/mol. The van der Waals surface area contributed by atoms with Gasteiger partial charge in [-0.15, -0.1) is 11.8 Å². The number of amides is 1. The smallest absolute Gasteiger partial charge is 0.416 e. The molecule has 1 saturated heterocycles. The number of anilines is 1. The fraction of sp³-hybridized carbons (Fsp3) is 0.136. The van der Waals surface area contributed by atoms with E-state index in [1.165, 1.54) is 28.8 Å². The Morgan fingerprint density at radius 1 is 0.897 bits per heavy atom. The Kier molecular flexibility index (Phi) is 5.24. The van der Waals surface area contributed by atoms with Gasteiger partial charge >= 0.3 is 6.18 Å². The number of carbonyl (C=O) groups excluding carboxylic acids is 1. The molecule has 0 aromatic heterocycles. The third-order valence-corrected chi connectivity index (χ3v) is 5.65. The number of nitrogens with zero attached hydrogens (tertiary/aromatic N) is 1. The summed E-state index contributed by atoms with van der Waals surface area (Å²) in [5.74, 6) is 1.24. The summed E-state index contributed by atoms with van der Waals surface area (Å²) < 4.78 is 45.2. The van der Waals surface area contributed by atoms with E-state index in [9.17, 15) is 18.0 Å². The van der Waals surface area contributed by atoms with Crippen LogP contribution in [0.5, 0.6) is 11.5 Å². The van der Waals surface area contributed by atoms with E-state index in [1.54, 1.807) is 12.1 Å². The molecule has 0 N–H and O–H groups in total. The second-order valence-corrected chi connectivity index (χ2v) is 7.53. The molecule has 0 saturated carbocycles. The maximum Gasteiger partial charge on any atom is 0.416 e. The van der Waals surface area contributed by atoms with Gasteiger partial charge in [0.05, 0.1) is 11.3 Å². The first-order chi connectivity index (χ1) is 13.9. The van der Waals surface area contributed by atoms with Gasteiger partial charge in [-0.25, -0.2) is 0 Å². The first-order valence-electron chi connectivity index (χ1n) is 8.85. The van der Waals surface area contributed by atoms with Crippen molar-refractivity contribution in [1.82, 2.24) is 0 Å². The summed E-state index contributed by atoms with van der Waals surface area (Å²) in [6, 6.07) is 21.4. The average Bonchev–Trinajstić information content (AvgIpc) is 3.10. The van der Waals surface area contributed by atoms with Crippen molar-refractivity contribution in [1.29, 1.82) is 0 Å². The van der Waals surface area contributed by atoms with Gasteiger partial charge in [-0.3, -0.25) is 9.69 Å². The monoisotopic (exact) mass is 415 g/mol. The summed E-state index contributed by atoms with van der Waals surface area (Å²) in [4.78, 5) is 13.9. The van der Waals surface area contributed by atoms with Gasteiger partial charge in [-0.05, 0) is 48.0 Å². The maximum atomic E-state index is 13.1. The lowest BCUT2D eigenvalue weighted by Gasteiger charge is -2.25. The van der Waals surface area contributed by atoms with Gasteiger partial charge in [0, 0.05) is 5.69 Å². The molecule has 1 fully saturated rings. The van der Waals surface area contributed by atoms with Gasteiger partial charge in [0.25, 0.3) is 0 Å². The van der Waals surface area contributed by atoms with Crippen LogP contribution in [0.4, 0.5) is 18.9 Å². The van der Waals surface area contributed by atoms with E-state index < -0.39 is 17.1 Å². The predicted octanol–water partition coefficient (Wildman–Crippen LogP) is 6.28. The highest BCUT2D eigenvalue weighted by Gasteiger charge is 2.36. The van der Waals surface area contributed by atoms with Gasteiger partial charge in [0.2, 0.25) is 5.91 Å². The summed E-state index contributed by atoms with van der Waals surface area (Å²) >= 11 is 1.37. The molecular formula is C22H16F3NO2S. The van der Waals surface area contributed by atoms with Gasteiger partial charge < -0.3 is 4.74 Å². The minimum absolute atomic E-state index is 0.199. The van der Waals surface area contributed by atoms with Crippen molar-refractivity contribution in [2.24, 2.45) is 0 Å². The van der Waals surface area contributed by atoms with Crippen molar-refractivity contribution in [3.05, 3.63) is 90.0 Å². The molecule has 148 valence electrons. The van der Waals surface area contributed by atoms with Gasteiger partial charge in [0.15, 0.2) is 0 Å². The molecule has 1 aliphatic rings. The fourth-order valence-electron chi connectivity index (χ4n) is 3.14. The summed E-state index contributed by atoms with van der Waals surface area (Å²) in [7, 11) is 0. The second-order valence-electron chi connectivity index (χ2n) is 6.46. The maximum absolute atomic E-state index is 13.1. The average molecular weight is 415 g/mol. The van der Waals surface area contributed by atoms with E-state index in [4.69, 9.17) is 4.74 Å². The molecule has 7 heteroatoms. The number of alkyl halides is 3. The van der Waals surface area contributed by atoms with Gasteiger partial charge in [-0.2, -0.15) is 13.2 Å². The normalized spacial score (nSPS) is 16.9. The molecule has 0 aliphatic carbocycles. The number of hydrogen-bond acceptors (Lipinski definition) is 3. The molecule has 0 spiro atoms. The first-order valence-corrected chi connectivity index (χ1v) is 9.90. The van der Waals surface area contributed by atoms with Crippen molar-refractivity contribution in [2.75, 3.05) is 10.7 Å². The van der Waals surface area contributed by atoms with Crippen LogP contribution in [-0.2, 0) is 11.0 Å². The van der Waals surface area contributed by atoms with Crippen molar-refractivity contribution < 1.29 is 22.7 Å². The van der Waals surface area contributed by atoms with Crippen LogP contribution < -0.4 is 9.64 Å². The number of hydrogen-bond donors (Lipinski definition) is 0. The highest BCUT2D eigenvalue weighted by molar-refractivity contribution is 8.00. The van der Waals surface area contributed by atoms with Crippen molar-refractivity contribution >= 4 is 23.4 Å². The van der Waals surface area contributed by atoms with Crippen molar-refractivity contribution in [3.63, 3.8) is 0 Å². The lowest BCUT2D eigenvalue weighted by Crippen LogP contribution is -2.28. The van der Waals surface area contributed by atoms with Crippen LogP contribution in [0.1, 0.15) is 16.5 Å². The van der Waals surface area contributed by atoms with E-state index in [2.05, 4.69) is 0 Å². The van der Waals surface area contributed by atoms with E-state index in [0.717, 1.165) is 17.7 Å². The lowest BCUT2D eigenvalue weighted by atomic mass is 10.1. The second kappa shape index (κ2) is 7.83. The fourth-order valence-corrected chi connectivity index (χ4v) is 4.31. The van der Waals surface area contributed by atoms with Crippen LogP contribution in [-0.4, -0.2) is 11.7 Å². The number of thioether (sulfide) groups is 1. The quantitative estimate of drug-likeness (QED) is 0.503. The third kappa shape index (κ3) is 4.24. The van der Waals surface area contributed by atoms with Crippen LogP contribution in [0, 0.1) is 0 Å². The largest absolute Gasteiger partial charge is 0.457 e. The summed E-state index contributed by atoms with van der Waals surface area (Å²) in [6.07, 6.45) is -4.47. The van der Waals surface area contributed by atoms with Crippen LogP contribution in [0.25, 0.3) is 0 Å². The number of ether oxygens (including phenoxy) is 1. The van der Waals surface area contributed by atoms with Gasteiger partial charge in [0.1, 0.15) is 16.9 Å². The molecule has 4 rings (SSSR count). The Morgan fingerprint density at radius 3 is 2.38 bits per heavy atom. The molecule has 29 heavy (non-hydrogen) atoms. The van der Waals surface area contributed by atoms with Crippen LogP contribution in [0.15, 0.2) is 78.9 Å². The zero-order valence-electron chi connectivity index (χ0n) is 15.1.